The number of fused-ring (bicyclic) bond motifs is 7. The quantitative estimate of drug-likeness (QED) is 0.619. The standard InChI is InChI=1S/C25H36O3/c1-22(2)9-6-10-23(3)17(22)7-11-24(4)18(23)14-20(27)25(5)19(24)13-16(26)15-8-12-28-21(15)25/h8,12,17-20,27H,6-7,9-11,13-14H2,1-5H3/t17?,18-,19+,20+,23+,24-,25-/m1/s1. The van der Waals surface area contributed by atoms with Crippen LogP contribution in [0.2, 0.25) is 0 Å². The maximum Gasteiger partial charge on any atom is 0.166 e. The Kier molecular flexibility index (Phi) is 3.74. The van der Waals surface area contributed by atoms with Gasteiger partial charge in [0.15, 0.2) is 5.78 Å². The average Bonchev–Trinajstić information content (AvgIpc) is 3.10. The van der Waals surface area contributed by atoms with Crippen LogP contribution in [0.3, 0.4) is 0 Å². The zero-order valence-electron chi connectivity index (χ0n) is 18.2. The topological polar surface area (TPSA) is 50.4 Å². The maximum absolute atomic E-state index is 13.0. The van der Waals surface area contributed by atoms with Crippen LogP contribution >= 0.6 is 0 Å². The molecular weight excluding hydrogens is 348 g/mol. The summed E-state index contributed by atoms with van der Waals surface area (Å²) in [5, 5.41) is 11.5. The van der Waals surface area contributed by atoms with Gasteiger partial charge in [-0.2, -0.15) is 0 Å². The second-order valence-corrected chi connectivity index (χ2v) is 11.9. The lowest BCUT2D eigenvalue weighted by Gasteiger charge is -2.69. The van der Waals surface area contributed by atoms with Crippen molar-refractivity contribution in [2.75, 3.05) is 0 Å². The Morgan fingerprint density at radius 1 is 1.00 bits per heavy atom. The first-order chi connectivity index (χ1) is 13.0. The zero-order chi connectivity index (χ0) is 20.1. The van der Waals surface area contributed by atoms with E-state index in [9.17, 15) is 9.90 Å². The van der Waals surface area contributed by atoms with Gasteiger partial charge in [0.25, 0.3) is 0 Å². The Balaban J connectivity index is 1.64. The van der Waals surface area contributed by atoms with Gasteiger partial charge in [0, 0.05) is 6.42 Å². The highest BCUT2D eigenvalue weighted by Gasteiger charge is 2.68. The Hall–Kier alpha value is -1.09. The van der Waals surface area contributed by atoms with Gasteiger partial charge in [0.1, 0.15) is 5.76 Å². The van der Waals surface area contributed by atoms with E-state index in [1.807, 2.05) is 6.07 Å². The fraction of sp³-hybridized carbons (Fsp3) is 0.800. The van der Waals surface area contributed by atoms with E-state index in [1.54, 1.807) is 6.26 Å². The summed E-state index contributed by atoms with van der Waals surface area (Å²) in [6, 6.07) is 1.81. The van der Waals surface area contributed by atoms with Crippen LogP contribution in [-0.4, -0.2) is 17.0 Å². The Morgan fingerprint density at radius 3 is 2.46 bits per heavy atom. The maximum atomic E-state index is 13.0. The van der Waals surface area contributed by atoms with E-state index < -0.39 is 11.5 Å². The van der Waals surface area contributed by atoms with Crippen LogP contribution in [0.25, 0.3) is 0 Å². The molecule has 4 aliphatic rings. The van der Waals surface area contributed by atoms with E-state index in [0.717, 1.165) is 18.6 Å². The van der Waals surface area contributed by atoms with E-state index in [4.69, 9.17) is 4.42 Å². The highest BCUT2D eigenvalue weighted by molar-refractivity contribution is 5.99. The molecule has 4 aliphatic carbocycles. The minimum absolute atomic E-state index is 0.0762. The Bertz CT molecular complexity index is 822. The van der Waals surface area contributed by atoms with E-state index in [1.165, 1.54) is 25.7 Å². The second kappa shape index (κ2) is 5.53. The first-order valence-corrected chi connectivity index (χ1v) is 11.3. The zero-order valence-corrected chi connectivity index (χ0v) is 18.2. The number of ketones is 1. The summed E-state index contributed by atoms with van der Waals surface area (Å²) in [6.07, 6.45) is 8.85. The number of Topliss-reactive ketones (excluding diaryl/α,β-unsaturated/α-hetero) is 1. The highest BCUT2D eigenvalue weighted by atomic mass is 16.3. The van der Waals surface area contributed by atoms with Gasteiger partial charge >= 0.3 is 0 Å². The van der Waals surface area contributed by atoms with E-state index >= 15 is 0 Å². The van der Waals surface area contributed by atoms with Crippen molar-refractivity contribution in [1.82, 2.24) is 0 Å². The van der Waals surface area contributed by atoms with Gasteiger partial charge in [-0.25, -0.2) is 0 Å². The molecule has 7 atom stereocenters. The van der Waals surface area contributed by atoms with Crippen molar-refractivity contribution in [2.45, 2.75) is 91.1 Å². The highest BCUT2D eigenvalue weighted by Crippen LogP contribution is 2.72. The lowest BCUT2D eigenvalue weighted by molar-refractivity contribution is -0.207. The molecule has 0 radical (unpaired) electrons. The van der Waals surface area contributed by atoms with Gasteiger partial charge in [-0.1, -0.05) is 34.1 Å². The van der Waals surface area contributed by atoms with Crippen LogP contribution in [0.4, 0.5) is 0 Å². The number of rotatable bonds is 0. The van der Waals surface area contributed by atoms with Crippen molar-refractivity contribution < 1.29 is 14.3 Å². The van der Waals surface area contributed by atoms with Crippen molar-refractivity contribution in [2.24, 2.45) is 34.0 Å². The third-order valence-electron chi connectivity index (χ3n) is 10.4. The van der Waals surface area contributed by atoms with Crippen LogP contribution in [0.15, 0.2) is 16.7 Å². The van der Waals surface area contributed by atoms with Crippen molar-refractivity contribution in [3.05, 3.63) is 23.7 Å². The molecule has 5 rings (SSSR count). The molecule has 28 heavy (non-hydrogen) atoms. The Morgan fingerprint density at radius 2 is 1.71 bits per heavy atom. The summed E-state index contributed by atoms with van der Waals surface area (Å²) in [5.41, 5.74) is 0.955. The van der Waals surface area contributed by atoms with Crippen molar-refractivity contribution in [1.29, 1.82) is 0 Å². The van der Waals surface area contributed by atoms with Crippen LogP contribution in [0.1, 0.15) is 95.7 Å². The first kappa shape index (κ1) is 18.9. The Labute approximate surface area is 169 Å². The van der Waals surface area contributed by atoms with Gasteiger partial charge in [-0.3, -0.25) is 4.79 Å². The molecular formula is C25H36O3. The number of carbonyl (C=O) groups excluding carboxylic acids is 1. The van der Waals surface area contributed by atoms with Crippen LogP contribution < -0.4 is 0 Å². The molecule has 0 amide bonds. The van der Waals surface area contributed by atoms with Crippen LogP contribution in [-0.2, 0) is 5.41 Å². The molecule has 1 aromatic rings. The predicted octanol–water partition coefficient (Wildman–Crippen LogP) is 5.75. The SMILES string of the molecule is CC1(C)CCC[C@@]2(C)C1CC[C@@]1(C)[C@@H]3CC(=O)c4ccoc4[C@@]3(C)[C@@H](O)C[C@@H]12. The minimum atomic E-state index is -0.453. The lowest BCUT2D eigenvalue weighted by Crippen LogP contribution is -2.66. The molecule has 3 nitrogen and oxygen atoms in total. The number of furan rings is 1. The van der Waals surface area contributed by atoms with Crippen LogP contribution in [0.5, 0.6) is 0 Å². The molecule has 1 aromatic heterocycles. The lowest BCUT2D eigenvalue weighted by atomic mass is 9.35. The summed E-state index contributed by atoms with van der Waals surface area (Å²) < 4.78 is 5.88. The molecule has 3 saturated carbocycles. The van der Waals surface area contributed by atoms with Gasteiger partial charge in [0.05, 0.1) is 23.3 Å². The molecule has 1 unspecified atom stereocenters. The molecule has 0 spiro atoms. The average molecular weight is 385 g/mol. The van der Waals surface area contributed by atoms with E-state index in [-0.39, 0.29) is 22.5 Å². The first-order valence-electron chi connectivity index (χ1n) is 11.3. The van der Waals surface area contributed by atoms with Gasteiger partial charge in [0.2, 0.25) is 0 Å². The fourth-order valence-electron chi connectivity index (χ4n) is 9.02. The molecule has 1 N–H and O–H groups in total. The van der Waals surface area contributed by atoms with Crippen molar-refractivity contribution >= 4 is 5.78 Å². The largest absolute Gasteiger partial charge is 0.468 e. The third-order valence-corrected chi connectivity index (χ3v) is 10.4. The third kappa shape index (κ3) is 2.07. The van der Waals surface area contributed by atoms with E-state index in [2.05, 4.69) is 34.6 Å². The van der Waals surface area contributed by atoms with Gasteiger partial charge in [-0.05, 0) is 79.1 Å². The smallest absolute Gasteiger partial charge is 0.166 e. The molecule has 1 heterocycles. The summed E-state index contributed by atoms with van der Waals surface area (Å²) in [6.45, 7) is 12.0. The minimum Gasteiger partial charge on any atom is -0.468 e. The molecule has 3 fully saturated rings. The number of aliphatic hydroxyl groups is 1. The fourth-order valence-corrected chi connectivity index (χ4v) is 9.02. The second-order valence-electron chi connectivity index (χ2n) is 11.9. The predicted molar refractivity (Wildman–Crippen MR) is 109 cm³/mol. The summed E-state index contributed by atoms with van der Waals surface area (Å²) in [7, 11) is 0. The van der Waals surface area contributed by atoms with Gasteiger partial charge < -0.3 is 9.52 Å². The summed E-state index contributed by atoms with van der Waals surface area (Å²) in [5.74, 6) is 2.29. The molecule has 0 bridgehead atoms. The normalized spacial score (nSPS) is 49.6. The van der Waals surface area contributed by atoms with Crippen molar-refractivity contribution in [3.8, 4) is 0 Å². The number of hydrogen-bond acceptors (Lipinski definition) is 3. The summed E-state index contributed by atoms with van der Waals surface area (Å²) in [4.78, 5) is 13.0. The van der Waals surface area contributed by atoms with Crippen molar-refractivity contribution in [3.63, 3.8) is 0 Å². The molecule has 154 valence electrons. The number of aliphatic hydroxyl groups excluding tert-OH is 1. The number of hydrogen-bond donors (Lipinski definition) is 1. The molecule has 0 aromatic carbocycles. The van der Waals surface area contributed by atoms with E-state index in [0.29, 0.717) is 29.2 Å². The van der Waals surface area contributed by atoms with Crippen LogP contribution in [0, 0.1) is 34.0 Å². The molecule has 0 saturated heterocycles. The molecule has 0 aliphatic heterocycles. The summed E-state index contributed by atoms with van der Waals surface area (Å²) >= 11 is 0. The molecule has 3 heteroatoms. The van der Waals surface area contributed by atoms with Gasteiger partial charge in [-0.15, -0.1) is 0 Å². The number of carbonyl (C=O) groups is 1. The monoisotopic (exact) mass is 384 g/mol.